The van der Waals surface area contributed by atoms with E-state index in [-0.39, 0.29) is 11.5 Å². The number of fused-ring (bicyclic) bond motifs is 1. The summed E-state index contributed by atoms with van der Waals surface area (Å²) in [5.74, 6) is 0.348. The van der Waals surface area contributed by atoms with E-state index in [1.54, 1.807) is 10.6 Å². The molecule has 2 heterocycles. The highest BCUT2D eigenvalue weighted by Crippen LogP contribution is 2.14. The van der Waals surface area contributed by atoms with Crippen LogP contribution in [0.3, 0.4) is 0 Å². The third kappa shape index (κ3) is 3.17. The Morgan fingerprint density at radius 1 is 1.25 bits per heavy atom. The average Bonchev–Trinajstić information content (AvgIpc) is 3.01. The first-order chi connectivity index (χ1) is 11.6. The Labute approximate surface area is 139 Å². The number of benzene rings is 1. The molecule has 0 radical (unpaired) electrons. The average molecular weight is 325 g/mol. The largest absolute Gasteiger partial charge is 0.496 e. The Bertz CT molecular complexity index is 907. The van der Waals surface area contributed by atoms with Gasteiger partial charge in [0.2, 0.25) is 0 Å². The highest BCUT2D eigenvalue weighted by Gasteiger charge is 2.09. The van der Waals surface area contributed by atoms with Gasteiger partial charge in [0.05, 0.1) is 7.11 Å². The summed E-state index contributed by atoms with van der Waals surface area (Å²) in [6, 6.07) is 12.8. The Balaban J connectivity index is 1.66. The lowest BCUT2D eigenvalue weighted by Crippen LogP contribution is -2.31. The van der Waals surface area contributed by atoms with Crippen LogP contribution in [0.25, 0.3) is 10.9 Å². The number of hydrogen-bond acceptors (Lipinski definition) is 3. The van der Waals surface area contributed by atoms with Crippen molar-refractivity contribution in [3.05, 3.63) is 64.2 Å². The fraction of sp³-hybridized carbons (Fsp3) is 0.222. The fourth-order valence-corrected chi connectivity index (χ4v) is 2.68. The van der Waals surface area contributed by atoms with Crippen LogP contribution in [0.2, 0.25) is 0 Å². The number of aryl methyl sites for hydroxylation is 1. The van der Waals surface area contributed by atoms with Crippen molar-refractivity contribution < 1.29 is 9.53 Å². The zero-order valence-electron chi connectivity index (χ0n) is 13.6. The summed E-state index contributed by atoms with van der Waals surface area (Å²) >= 11 is 0. The molecule has 0 aliphatic rings. The molecule has 124 valence electrons. The van der Waals surface area contributed by atoms with Crippen molar-refractivity contribution in [1.82, 2.24) is 14.9 Å². The van der Waals surface area contributed by atoms with Crippen molar-refractivity contribution in [2.24, 2.45) is 0 Å². The van der Waals surface area contributed by atoms with Crippen LogP contribution in [0.1, 0.15) is 16.2 Å². The van der Waals surface area contributed by atoms with Gasteiger partial charge in [-0.25, -0.2) is 0 Å². The molecule has 0 saturated heterocycles. The predicted octanol–water partition coefficient (Wildman–Crippen LogP) is 2.08. The molecule has 3 rings (SSSR count). The summed E-state index contributed by atoms with van der Waals surface area (Å²) in [7, 11) is 1.53. The molecule has 0 aliphatic heterocycles. The molecule has 2 N–H and O–H groups in total. The van der Waals surface area contributed by atoms with Crippen LogP contribution in [0.4, 0.5) is 0 Å². The molecular weight excluding hydrogens is 306 g/mol. The van der Waals surface area contributed by atoms with Gasteiger partial charge >= 0.3 is 0 Å². The molecule has 6 nitrogen and oxygen atoms in total. The van der Waals surface area contributed by atoms with E-state index in [9.17, 15) is 9.59 Å². The third-order valence-electron chi connectivity index (χ3n) is 3.94. The molecule has 1 aromatic carbocycles. The van der Waals surface area contributed by atoms with Crippen molar-refractivity contribution in [3.8, 4) is 5.75 Å². The minimum atomic E-state index is -0.189. The van der Waals surface area contributed by atoms with Crippen LogP contribution in [-0.2, 0) is 6.54 Å². The normalized spacial score (nSPS) is 10.8. The molecule has 2 aromatic heterocycles. The molecule has 0 unspecified atom stereocenters. The quantitative estimate of drug-likeness (QED) is 0.754. The summed E-state index contributed by atoms with van der Waals surface area (Å²) in [4.78, 5) is 27.4. The van der Waals surface area contributed by atoms with Gasteiger partial charge in [-0.3, -0.25) is 9.59 Å². The van der Waals surface area contributed by atoms with Crippen molar-refractivity contribution in [1.29, 1.82) is 0 Å². The molecule has 0 saturated carbocycles. The van der Waals surface area contributed by atoms with Crippen LogP contribution >= 0.6 is 0 Å². The Kier molecular flexibility index (Phi) is 4.37. The lowest BCUT2D eigenvalue weighted by atomic mass is 10.2. The van der Waals surface area contributed by atoms with Gasteiger partial charge in [0.15, 0.2) is 0 Å². The van der Waals surface area contributed by atoms with Gasteiger partial charge in [-0.1, -0.05) is 18.2 Å². The Morgan fingerprint density at radius 3 is 2.75 bits per heavy atom. The second kappa shape index (κ2) is 6.62. The van der Waals surface area contributed by atoms with Crippen LogP contribution in [0.5, 0.6) is 5.75 Å². The van der Waals surface area contributed by atoms with E-state index in [1.165, 1.54) is 13.2 Å². The first-order valence-corrected chi connectivity index (χ1v) is 7.70. The number of aromatic amines is 1. The van der Waals surface area contributed by atoms with Gasteiger partial charge in [-0.05, 0) is 25.1 Å². The molecule has 0 bridgehead atoms. The molecular formula is C18H19N3O3. The molecule has 3 aromatic rings. The van der Waals surface area contributed by atoms with Crippen LogP contribution in [-0.4, -0.2) is 29.1 Å². The highest BCUT2D eigenvalue weighted by atomic mass is 16.5. The van der Waals surface area contributed by atoms with Crippen LogP contribution in [0, 0.1) is 6.92 Å². The number of H-pyrrole nitrogens is 1. The summed E-state index contributed by atoms with van der Waals surface area (Å²) in [6.45, 7) is 2.60. The summed E-state index contributed by atoms with van der Waals surface area (Å²) in [5.41, 5.74) is 2.07. The van der Waals surface area contributed by atoms with Crippen molar-refractivity contribution in [3.63, 3.8) is 0 Å². The Morgan fingerprint density at radius 2 is 2.04 bits per heavy atom. The van der Waals surface area contributed by atoms with E-state index in [4.69, 9.17) is 4.74 Å². The number of amides is 1. The van der Waals surface area contributed by atoms with Gasteiger partial charge in [0.25, 0.3) is 11.5 Å². The zero-order chi connectivity index (χ0) is 17.1. The zero-order valence-corrected chi connectivity index (χ0v) is 13.6. The number of aromatic nitrogens is 2. The maximum absolute atomic E-state index is 12.2. The first-order valence-electron chi connectivity index (χ1n) is 7.70. The number of carbonyl (C=O) groups excluding carboxylic acids is 1. The number of nitrogens with zero attached hydrogens (tertiary/aromatic N) is 1. The van der Waals surface area contributed by atoms with E-state index in [1.807, 2.05) is 37.3 Å². The van der Waals surface area contributed by atoms with Gasteiger partial charge in [-0.15, -0.1) is 0 Å². The minimum absolute atomic E-state index is 0.147. The number of methoxy groups -OCH3 is 1. The second-order valence-corrected chi connectivity index (χ2v) is 5.55. The SMILES string of the molecule is COc1cc(C)n(CCNC(=O)c2cc3ccccc3[nH]2)c(=O)c1. The monoisotopic (exact) mass is 325 g/mol. The number of para-hydroxylation sites is 1. The second-order valence-electron chi connectivity index (χ2n) is 5.55. The number of nitrogens with one attached hydrogen (secondary N) is 2. The van der Waals surface area contributed by atoms with Crippen molar-refractivity contribution in [2.45, 2.75) is 13.5 Å². The summed E-state index contributed by atoms with van der Waals surface area (Å²) < 4.78 is 6.68. The molecule has 0 fully saturated rings. The molecule has 0 atom stereocenters. The highest BCUT2D eigenvalue weighted by molar-refractivity contribution is 5.97. The Hall–Kier alpha value is -3.02. The topological polar surface area (TPSA) is 76.1 Å². The predicted molar refractivity (Wildman–Crippen MR) is 92.6 cm³/mol. The molecule has 24 heavy (non-hydrogen) atoms. The third-order valence-corrected chi connectivity index (χ3v) is 3.94. The lowest BCUT2D eigenvalue weighted by molar-refractivity contribution is 0.0948. The van der Waals surface area contributed by atoms with E-state index in [0.29, 0.717) is 24.5 Å². The number of rotatable bonds is 5. The van der Waals surface area contributed by atoms with E-state index in [2.05, 4.69) is 10.3 Å². The number of ether oxygens (including phenoxy) is 1. The van der Waals surface area contributed by atoms with Crippen LogP contribution < -0.4 is 15.6 Å². The molecule has 0 spiro atoms. The van der Waals surface area contributed by atoms with Crippen molar-refractivity contribution >= 4 is 16.8 Å². The molecule has 0 aliphatic carbocycles. The van der Waals surface area contributed by atoms with E-state index >= 15 is 0 Å². The minimum Gasteiger partial charge on any atom is -0.496 e. The summed E-state index contributed by atoms with van der Waals surface area (Å²) in [5, 5.41) is 3.82. The maximum Gasteiger partial charge on any atom is 0.267 e. The standard InChI is InChI=1S/C18H19N3O3/c1-12-9-14(24-2)11-17(22)21(12)8-7-19-18(23)16-10-13-5-3-4-6-15(13)20-16/h3-6,9-11,20H,7-8H2,1-2H3,(H,19,23). The summed E-state index contributed by atoms with van der Waals surface area (Å²) in [6.07, 6.45) is 0. The molecule has 1 amide bonds. The van der Waals surface area contributed by atoms with Gasteiger partial charge < -0.3 is 19.6 Å². The van der Waals surface area contributed by atoms with E-state index in [0.717, 1.165) is 16.6 Å². The van der Waals surface area contributed by atoms with Gasteiger partial charge in [0, 0.05) is 35.8 Å². The van der Waals surface area contributed by atoms with Gasteiger partial charge in [-0.2, -0.15) is 0 Å². The van der Waals surface area contributed by atoms with E-state index < -0.39 is 0 Å². The number of hydrogen-bond donors (Lipinski definition) is 2. The maximum atomic E-state index is 12.2. The fourth-order valence-electron chi connectivity index (χ4n) is 2.68. The molecule has 6 heteroatoms. The van der Waals surface area contributed by atoms with Gasteiger partial charge in [0.1, 0.15) is 11.4 Å². The number of carbonyl (C=O) groups is 1. The van der Waals surface area contributed by atoms with Crippen molar-refractivity contribution in [2.75, 3.05) is 13.7 Å². The smallest absolute Gasteiger partial charge is 0.267 e. The first kappa shape index (κ1) is 15.9. The number of pyridine rings is 1. The lowest BCUT2D eigenvalue weighted by Gasteiger charge is -2.11. The van der Waals surface area contributed by atoms with Crippen LogP contribution in [0.15, 0.2) is 47.3 Å².